The van der Waals surface area contributed by atoms with Gasteiger partial charge in [-0.25, -0.2) is 9.78 Å². The first-order valence-electron chi connectivity index (χ1n) is 6.50. The van der Waals surface area contributed by atoms with Gasteiger partial charge in [0.15, 0.2) is 0 Å². The van der Waals surface area contributed by atoms with E-state index in [1.54, 1.807) is 27.6 Å². The monoisotopic (exact) mass is 309 g/mol. The lowest BCUT2D eigenvalue weighted by atomic mass is 10.3. The number of nitrogens with zero attached hydrogens (tertiary/aromatic N) is 2. The third-order valence-corrected chi connectivity index (χ3v) is 4.67. The minimum absolute atomic E-state index is 0.0389. The fraction of sp³-hybridized carbons (Fsp3) is 0.429. The van der Waals surface area contributed by atoms with Crippen molar-refractivity contribution in [3.05, 3.63) is 38.0 Å². The Bertz CT molecular complexity index is 576. The zero-order valence-electron chi connectivity index (χ0n) is 12.0. The van der Waals surface area contributed by atoms with E-state index >= 15 is 0 Å². The van der Waals surface area contributed by atoms with Gasteiger partial charge in [0.05, 0.1) is 17.2 Å². The summed E-state index contributed by atoms with van der Waals surface area (Å²) in [6.07, 6.45) is 0.780. The summed E-state index contributed by atoms with van der Waals surface area (Å²) >= 11 is 3.37. The molecule has 6 heteroatoms. The van der Waals surface area contributed by atoms with Crippen LogP contribution < -0.4 is 5.32 Å². The lowest BCUT2D eigenvalue weighted by Crippen LogP contribution is -2.37. The quantitative estimate of drug-likeness (QED) is 0.922. The summed E-state index contributed by atoms with van der Waals surface area (Å²) in [6.45, 7) is 5.34. The summed E-state index contributed by atoms with van der Waals surface area (Å²) in [4.78, 5) is 20.5. The molecule has 0 fully saturated rings. The highest BCUT2D eigenvalue weighted by Crippen LogP contribution is 2.16. The molecule has 2 aromatic heterocycles. The molecular weight excluding hydrogens is 290 g/mol. The van der Waals surface area contributed by atoms with E-state index in [-0.39, 0.29) is 6.03 Å². The summed E-state index contributed by atoms with van der Waals surface area (Å²) in [5.74, 6) is 0. The molecule has 0 saturated heterocycles. The summed E-state index contributed by atoms with van der Waals surface area (Å²) in [7, 11) is 1.82. The molecule has 0 saturated carbocycles. The Hall–Kier alpha value is -1.40. The van der Waals surface area contributed by atoms with E-state index in [9.17, 15) is 4.79 Å². The van der Waals surface area contributed by atoms with Gasteiger partial charge in [-0.1, -0.05) is 0 Å². The molecular formula is C14H19N3OS2. The minimum atomic E-state index is -0.0389. The van der Waals surface area contributed by atoms with Gasteiger partial charge in [0.1, 0.15) is 0 Å². The van der Waals surface area contributed by atoms with Crippen LogP contribution >= 0.6 is 22.7 Å². The topological polar surface area (TPSA) is 45.2 Å². The van der Waals surface area contributed by atoms with Gasteiger partial charge >= 0.3 is 6.03 Å². The van der Waals surface area contributed by atoms with Crippen molar-refractivity contribution < 1.29 is 4.79 Å². The second kappa shape index (κ2) is 6.85. The predicted octanol–water partition coefficient (Wildman–Crippen LogP) is 3.21. The molecule has 108 valence electrons. The fourth-order valence-corrected chi connectivity index (χ4v) is 3.42. The molecule has 0 radical (unpaired) electrons. The van der Waals surface area contributed by atoms with Crippen molar-refractivity contribution >= 4 is 28.7 Å². The lowest BCUT2D eigenvalue weighted by molar-refractivity contribution is 0.207. The van der Waals surface area contributed by atoms with Crippen LogP contribution in [0.1, 0.15) is 20.5 Å². The van der Waals surface area contributed by atoms with Gasteiger partial charge in [0, 0.05) is 35.1 Å². The smallest absolute Gasteiger partial charge is 0.317 e. The number of carbonyl (C=O) groups excluding carboxylic acids is 1. The largest absolute Gasteiger partial charge is 0.338 e. The number of rotatable bonds is 5. The summed E-state index contributed by atoms with van der Waals surface area (Å²) in [6, 6.07) is 4.11. The molecule has 2 heterocycles. The normalized spacial score (nSPS) is 10.6. The van der Waals surface area contributed by atoms with E-state index in [0.717, 1.165) is 17.1 Å². The van der Waals surface area contributed by atoms with Gasteiger partial charge in [-0.15, -0.1) is 22.7 Å². The van der Waals surface area contributed by atoms with Gasteiger partial charge in [-0.2, -0.15) is 0 Å². The molecule has 1 N–H and O–H groups in total. The van der Waals surface area contributed by atoms with Crippen molar-refractivity contribution in [3.63, 3.8) is 0 Å². The van der Waals surface area contributed by atoms with E-state index in [2.05, 4.69) is 29.4 Å². The van der Waals surface area contributed by atoms with Crippen LogP contribution in [0.2, 0.25) is 0 Å². The van der Waals surface area contributed by atoms with Gasteiger partial charge in [0.2, 0.25) is 0 Å². The highest BCUT2D eigenvalue weighted by Gasteiger charge is 2.09. The molecule has 0 unspecified atom stereocenters. The molecule has 0 bridgehead atoms. The molecule has 20 heavy (non-hydrogen) atoms. The van der Waals surface area contributed by atoms with Crippen LogP contribution in [-0.4, -0.2) is 29.5 Å². The number of aryl methyl sites for hydroxylation is 2. The van der Waals surface area contributed by atoms with Crippen LogP contribution in [-0.2, 0) is 13.0 Å². The molecule has 2 aromatic rings. The number of aromatic nitrogens is 1. The van der Waals surface area contributed by atoms with Crippen LogP contribution in [0, 0.1) is 13.8 Å². The first-order valence-corrected chi connectivity index (χ1v) is 8.19. The number of hydrogen-bond acceptors (Lipinski definition) is 4. The molecule has 0 spiro atoms. The van der Waals surface area contributed by atoms with Gasteiger partial charge in [-0.3, -0.25) is 0 Å². The summed E-state index contributed by atoms with van der Waals surface area (Å²) < 4.78 is 0. The Morgan fingerprint density at radius 2 is 2.20 bits per heavy atom. The number of amides is 2. The van der Waals surface area contributed by atoms with Crippen molar-refractivity contribution in [3.8, 4) is 0 Å². The number of nitrogens with one attached hydrogen (secondary N) is 1. The minimum Gasteiger partial charge on any atom is -0.338 e. The second-order valence-corrected chi connectivity index (χ2v) is 7.14. The fourth-order valence-electron chi connectivity index (χ4n) is 1.83. The number of urea groups is 1. The van der Waals surface area contributed by atoms with E-state index in [0.29, 0.717) is 13.1 Å². The highest BCUT2D eigenvalue weighted by atomic mass is 32.1. The van der Waals surface area contributed by atoms with Crippen LogP contribution in [0.3, 0.4) is 0 Å². The predicted molar refractivity (Wildman–Crippen MR) is 84.5 cm³/mol. The zero-order chi connectivity index (χ0) is 14.5. The van der Waals surface area contributed by atoms with Crippen molar-refractivity contribution in [2.45, 2.75) is 26.8 Å². The van der Waals surface area contributed by atoms with Crippen LogP contribution in [0.15, 0.2) is 17.5 Å². The molecule has 0 aliphatic carbocycles. The third-order valence-electron chi connectivity index (χ3n) is 2.86. The maximum atomic E-state index is 12.0. The average Bonchev–Trinajstić information content (AvgIpc) is 2.98. The molecule has 2 amide bonds. The summed E-state index contributed by atoms with van der Waals surface area (Å²) in [5, 5.41) is 6.03. The Morgan fingerprint density at radius 1 is 1.40 bits per heavy atom. The van der Waals surface area contributed by atoms with Crippen LogP contribution in [0.5, 0.6) is 0 Å². The van der Waals surface area contributed by atoms with E-state index in [1.807, 2.05) is 19.4 Å². The Kier molecular flexibility index (Phi) is 5.14. The van der Waals surface area contributed by atoms with Crippen molar-refractivity contribution in [2.75, 3.05) is 13.6 Å². The SMILES string of the molecule is Cc1ccc(CN(C)C(=O)NCCc2csc(C)n2)s1. The number of thiazole rings is 1. The van der Waals surface area contributed by atoms with Crippen LogP contribution in [0.4, 0.5) is 4.79 Å². The molecule has 0 aliphatic rings. The Labute approximate surface area is 127 Å². The Balaban J connectivity index is 1.73. The third kappa shape index (κ3) is 4.31. The van der Waals surface area contributed by atoms with E-state index in [1.165, 1.54) is 9.75 Å². The van der Waals surface area contributed by atoms with Crippen molar-refractivity contribution in [1.82, 2.24) is 15.2 Å². The standard InChI is InChI=1S/C14H19N3OS2/c1-10-4-5-13(20-10)8-17(3)14(18)15-7-6-12-9-19-11(2)16-12/h4-5,9H,6-8H2,1-3H3,(H,15,18). The number of thiophene rings is 1. The molecule has 2 rings (SSSR count). The van der Waals surface area contributed by atoms with Crippen LogP contribution in [0.25, 0.3) is 0 Å². The maximum Gasteiger partial charge on any atom is 0.317 e. The zero-order valence-corrected chi connectivity index (χ0v) is 13.6. The first kappa shape index (κ1) is 15.0. The number of carbonyl (C=O) groups is 1. The van der Waals surface area contributed by atoms with Crippen molar-refractivity contribution in [1.29, 1.82) is 0 Å². The second-order valence-electron chi connectivity index (χ2n) is 4.71. The first-order chi connectivity index (χ1) is 9.54. The Morgan fingerprint density at radius 3 is 2.80 bits per heavy atom. The molecule has 4 nitrogen and oxygen atoms in total. The summed E-state index contributed by atoms with van der Waals surface area (Å²) in [5.41, 5.74) is 1.05. The highest BCUT2D eigenvalue weighted by molar-refractivity contribution is 7.11. The number of hydrogen-bond donors (Lipinski definition) is 1. The van der Waals surface area contributed by atoms with E-state index < -0.39 is 0 Å². The molecule has 0 aromatic carbocycles. The molecule has 0 atom stereocenters. The van der Waals surface area contributed by atoms with Gasteiger partial charge in [0.25, 0.3) is 0 Å². The average molecular weight is 309 g/mol. The van der Waals surface area contributed by atoms with Gasteiger partial charge in [-0.05, 0) is 26.0 Å². The van der Waals surface area contributed by atoms with E-state index in [4.69, 9.17) is 0 Å². The van der Waals surface area contributed by atoms with Crippen molar-refractivity contribution in [2.24, 2.45) is 0 Å². The van der Waals surface area contributed by atoms with Gasteiger partial charge < -0.3 is 10.2 Å². The molecule has 0 aliphatic heterocycles. The maximum absolute atomic E-state index is 12.0. The lowest BCUT2D eigenvalue weighted by Gasteiger charge is -2.16.